The molecular weight excluding hydrogens is 448 g/mol. The summed E-state index contributed by atoms with van der Waals surface area (Å²) in [4.78, 5) is 18.4. The number of carbonyl (C=O) groups is 1. The monoisotopic (exact) mass is 488 g/mol. The van der Waals surface area contributed by atoms with Crippen LogP contribution in [0.1, 0.15) is 63.5 Å². The Morgan fingerprint density at radius 1 is 1.26 bits per heavy atom. The van der Waals surface area contributed by atoms with Gasteiger partial charge >= 0.3 is 5.97 Å². The summed E-state index contributed by atoms with van der Waals surface area (Å²) in [6.07, 6.45) is 7.47. The van der Waals surface area contributed by atoms with E-state index < -0.39 is 12.1 Å². The average Bonchev–Trinajstić information content (AvgIpc) is 2.84. The number of hydrogen-bond acceptors (Lipinski definition) is 6. The van der Waals surface area contributed by atoms with E-state index in [1.165, 1.54) is 24.3 Å². The second-order valence-corrected chi connectivity index (χ2v) is 10.6. The number of aliphatic carboxylic acids is 1. The number of aromatic nitrogens is 1. The van der Waals surface area contributed by atoms with Crippen molar-refractivity contribution >= 4 is 28.6 Å². The molecule has 7 heteroatoms. The molecule has 1 aromatic heterocycles. The number of piperidine rings is 1. The number of likely N-dealkylation sites (tertiary alicyclic amines) is 1. The third-order valence-electron chi connectivity index (χ3n) is 6.97. The van der Waals surface area contributed by atoms with Gasteiger partial charge in [0.15, 0.2) is 0 Å². The van der Waals surface area contributed by atoms with Crippen LogP contribution >= 0.6 is 11.8 Å². The summed E-state index contributed by atoms with van der Waals surface area (Å²) in [7, 11) is 1.63. The van der Waals surface area contributed by atoms with Crippen molar-refractivity contribution in [1.29, 1.82) is 0 Å². The Morgan fingerprint density at radius 2 is 2.09 bits per heavy atom. The molecule has 0 aliphatic carbocycles. The van der Waals surface area contributed by atoms with Gasteiger partial charge in [-0.3, -0.25) is 9.78 Å². The number of fused-ring (bicyclic) bond motifs is 1. The molecule has 0 saturated carbocycles. The summed E-state index contributed by atoms with van der Waals surface area (Å²) in [6, 6.07) is 7.58. The van der Waals surface area contributed by atoms with Gasteiger partial charge in [-0.05, 0) is 98.4 Å². The molecule has 1 aliphatic heterocycles. The number of hydrogen-bond donors (Lipinski definition) is 2. The van der Waals surface area contributed by atoms with Crippen LogP contribution in [-0.2, 0) is 4.79 Å². The zero-order valence-electron chi connectivity index (χ0n) is 20.6. The number of rotatable bonds is 14. The largest absolute Gasteiger partial charge is 0.497 e. The van der Waals surface area contributed by atoms with Crippen molar-refractivity contribution < 1.29 is 19.7 Å². The molecule has 0 bridgehead atoms. The molecule has 0 amide bonds. The lowest BCUT2D eigenvalue weighted by Gasteiger charge is -2.38. The van der Waals surface area contributed by atoms with Crippen molar-refractivity contribution in [3.05, 3.63) is 36.0 Å². The molecule has 1 fully saturated rings. The second-order valence-electron chi connectivity index (χ2n) is 9.40. The lowest BCUT2D eigenvalue weighted by atomic mass is 9.79. The number of aliphatic hydroxyl groups is 1. The minimum Gasteiger partial charge on any atom is -0.497 e. The first-order valence-electron chi connectivity index (χ1n) is 12.6. The third-order valence-corrected chi connectivity index (χ3v) is 8.12. The van der Waals surface area contributed by atoms with Gasteiger partial charge in [0.05, 0.1) is 18.7 Å². The molecule has 3 atom stereocenters. The van der Waals surface area contributed by atoms with Crippen LogP contribution in [0.15, 0.2) is 30.5 Å². The average molecular weight is 489 g/mol. The van der Waals surface area contributed by atoms with E-state index >= 15 is 0 Å². The van der Waals surface area contributed by atoms with Crippen molar-refractivity contribution in [1.82, 2.24) is 9.88 Å². The number of pyridine rings is 1. The zero-order chi connectivity index (χ0) is 24.3. The van der Waals surface area contributed by atoms with Crippen molar-refractivity contribution in [3.63, 3.8) is 0 Å². The summed E-state index contributed by atoms with van der Waals surface area (Å²) in [5, 5.41) is 21.4. The zero-order valence-corrected chi connectivity index (χ0v) is 21.4. The van der Waals surface area contributed by atoms with Gasteiger partial charge in [-0.2, -0.15) is 11.8 Å². The molecule has 1 saturated heterocycles. The van der Waals surface area contributed by atoms with Gasteiger partial charge in [-0.25, -0.2) is 0 Å². The van der Waals surface area contributed by atoms with Gasteiger partial charge in [0.2, 0.25) is 0 Å². The predicted molar refractivity (Wildman–Crippen MR) is 140 cm³/mol. The summed E-state index contributed by atoms with van der Waals surface area (Å²) < 4.78 is 5.35. The highest BCUT2D eigenvalue weighted by molar-refractivity contribution is 7.99. The highest BCUT2D eigenvalue weighted by Gasteiger charge is 2.31. The molecular formula is C27H40N2O4S. The first-order valence-corrected chi connectivity index (χ1v) is 13.8. The lowest BCUT2D eigenvalue weighted by Crippen LogP contribution is -2.42. The molecule has 1 unspecified atom stereocenters. The van der Waals surface area contributed by atoms with Crippen LogP contribution in [0.25, 0.3) is 10.9 Å². The van der Waals surface area contributed by atoms with Crippen LogP contribution in [0.4, 0.5) is 0 Å². The van der Waals surface area contributed by atoms with Gasteiger partial charge in [0.1, 0.15) is 5.75 Å². The van der Waals surface area contributed by atoms with E-state index in [1.807, 2.05) is 36.0 Å². The SMILES string of the molecule is CCCCSCCCN1CC[C@@H](CCC(O)c2ccnc3ccc(OC)cc23)[C@@H](CC(=O)O)C1. The van der Waals surface area contributed by atoms with Crippen molar-refractivity contribution in [2.24, 2.45) is 11.8 Å². The minimum absolute atomic E-state index is 0.139. The van der Waals surface area contributed by atoms with Crippen molar-refractivity contribution in [2.45, 2.75) is 58.0 Å². The van der Waals surface area contributed by atoms with E-state index in [-0.39, 0.29) is 12.3 Å². The maximum Gasteiger partial charge on any atom is 0.303 e. The second kappa shape index (κ2) is 13.9. The highest BCUT2D eigenvalue weighted by Crippen LogP contribution is 2.34. The molecule has 188 valence electrons. The molecule has 0 radical (unpaired) electrons. The number of aliphatic hydroxyl groups excluding tert-OH is 1. The smallest absolute Gasteiger partial charge is 0.303 e. The molecule has 2 heterocycles. The topological polar surface area (TPSA) is 82.9 Å². The third kappa shape index (κ3) is 7.85. The first kappa shape index (κ1) is 26.8. The van der Waals surface area contributed by atoms with Crippen molar-refractivity contribution in [3.8, 4) is 5.75 Å². The number of benzene rings is 1. The molecule has 3 rings (SSSR count). The fraction of sp³-hybridized carbons (Fsp3) is 0.630. The number of nitrogens with zero attached hydrogens (tertiary/aromatic N) is 2. The normalized spacial score (nSPS) is 19.9. The summed E-state index contributed by atoms with van der Waals surface area (Å²) in [5.41, 5.74) is 1.69. The van der Waals surface area contributed by atoms with Crippen LogP contribution in [0, 0.1) is 11.8 Å². The van der Waals surface area contributed by atoms with Crippen LogP contribution in [0.2, 0.25) is 0 Å². The summed E-state index contributed by atoms with van der Waals surface area (Å²) in [6.45, 7) is 5.14. The fourth-order valence-electron chi connectivity index (χ4n) is 5.03. The van der Waals surface area contributed by atoms with E-state index in [2.05, 4.69) is 16.8 Å². The maximum absolute atomic E-state index is 11.6. The van der Waals surface area contributed by atoms with Crippen LogP contribution in [0.5, 0.6) is 5.75 Å². The van der Waals surface area contributed by atoms with Gasteiger partial charge < -0.3 is 19.8 Å². The predicted octanol–water partition coefficient (Wildman–Crippen LogP) is 5.39. The Labute approximate surface area is 208 Å². The number of methoxy groups -OCH3 is 1. The Hall–Kier alpha value is -1.83. The van der Waals surface area contributed by atoms with Crippen molar-refractivity contribution in [2.75, 3.05) is 38.2 Å². The van der Waals surface area contributed by atoms with E-state index in [0.29, 0.717) is 12.3 Å². The molecule has 1 aliphatic rings. The van der Waals surface area contributed by atoms with Gasteiger partial charge in [0, 0.05) is 24.5 Å². The molecule has 2 aromatic rings. The molecule has 2 N–H and O–H groups in total. The highest BCUT2D eigenvalue weighted by atomic mass is 32.2. The maximum atomic E-state index is 11.6. The van der Waals surface area contributed by atoms with Crippen LogP contribution < -0.4 is 4.74 Å². The summed E-state index contributed by atoms with van der Waals surface area (Å²) in [5.74, 6) is 2.90. The first-order chi connectivity index (χ1) is 16.5. The van der Waals surface area contributed by atoms with E-state index in [1.54, 1.807) is 13.3 Å². The molecule has 34 heavy (non-hydrogen) atoms. The van der Waals surface area contributed by atoms with E-state index in [0.717, 1.165) is 61.1 Å². The Morgan fingerprint density at radius 3 is 2.85 bits per heavy atom. The van der Waals surface area contributed by atoms with Gasteiger partial charge in [-0.15, -0.1) is 0 Å². The molecule has 6 nitrogen and oxygen atoms in total. The Kier molecular flexibility index (Phi) is 10.9. The summed E-state index contributed by atoms with van der Waals surface area (Å²) >= 11 is 2.03. The van der Waals surface area contributed by atoms with Gasteiger partial charge in [0.25, 0.3) is 0 Å². The molecule has 1 aromatic carbocycles. The minimum atomic E-state index is -0.722. The number of carboxylic acid groups (broad SMARTS) is 1. The van der Waals surface area contributed by atoms with E-state index in [9.17, 15) is 15.0 Å². The Bertz CT molecular complexity index is 909. The quantitative estimate of drug-likeness (QED) is 0.345. The van der Waals surface area contributed by atoms with Crippen LogP contribution in [-0.4, -0.2) is 64.3 Å². The van der Waals surface area contributed by atoms with Gasteiger partial charge in [-0.1, -0.05) is 13.3 Å². The lowest BCUT2D eigenvalue weighted by molar-refractivity contribution is -0.139. The fourth-order valence-corrected chi connectivity index (χ4v) is 6.06. The van der Waals surface area contributed by atoms with Crippen LogP contribution in [0.3, 0.4) is 0 Å². The molecule has 0 spiro atoms. The van der Waals surface area contributed by atoms with E-state index in [4.69, 9.17) is 4.74 Å². The number of thioether (sulfide) groups is 1. The Balaban J connectivity index is 1.56. The number of unbranched alkanes of at least 4 members (excludes halogenated alkanes) is 1. The standard InChI is InChI=1S/C27H40N2O4S/c1-3-4-15-34-16-5-13-29-14-11-20(21(19-29)17-27(31)32)6-9-26(30)23-10-12-28-25-8-7-22(33-2)18-24(23)25/h7-8,10,12,18,20-21,26,30H,3-6,9,11,13-17,19H2,1-2H3,(H,31,32)/t20-,21+,26?/m1/s1. The number of carboxylic acids is 1. The number of ether oxygens (including phenoxy) is 1.